The number of halogens is 2. The fourth-order valence-electron chi connectivity index (χ4n) is 1.76. The summed E-state index contributed by atoms with van der Waals surface area (Å²) in [6, 6.07) is 8.94. The first-order valence-corrected chi connectivity index (χ1v) is 7.18. The first-order chi connectivity index (χ1) is 10.4. The van der Waals surface area contributed by atoms with Crippen LogP contribution in [0.2, 0.25) is 5.02 Å². The highest BCUT2D eigenvalue weighted by Gasteiger charge is 2.18. The predicted molar refractivity (Wildman–Crippen MR) is 86.8 cm³/mol. The van der Waals surface area contributed by atoms with Crippen LogP contribution in [0.15, 0.2) is 40.9 Å². The van der Waals surface area contributed by atoms with Crippen LogP contribution in [-0.2, 0) is 0 Å². The van der Waals surface area contributed by atoms with Crippen LogP contribution in [0.1, 0.15) is 10.4 Å². The van der Waals surface area contributed by atoms with Crippen LogP contribution in [0.25, 0.3) is 0 Å². The van der Waals surface area contributed by atoms with Gasteiger partial charge in [-0.2, -0.15) is 0 Å². The van der Waals surface area contributed by atoms with Crippen molar-refractivity contribution in [1.82, 2.24) is 0 Å². The fourth-order valence-corrected chi connectivity index (χ4v) is 2.48. The van der Waals surface area contributed by atoms with Gasteiger partial charge in [-0.1, -0.05) is 27.5 Å². The molecule has 0 fully saturated rings. The number of nitrogens with zero attached hydrogens (tertiary/aromatic N) is 1. The molecule has 114 valence electrons. The predicted octanol–water partition coefficient (Wildman–Crippen LogP) is 4.27. The lowest BCUT2D eigenvalue weighted by Gasteiger charge is -2.08. The van der Waals surface area contributed by atoms with Gasteiger partial charge in [-0.05, 0) is 30.3 Å². The molecule has 0 aliphatic carbocycles. The van der Waals surface area contributed by atoms with E-state index in [1.165, 1.54) is 19.2 Å². The molecule has 0 heterocycles. The smallest absolute Gasteiger partial charge is 0.311 e. The van der Waals surface area contributed by atoms with E-state index in [0.717, 1.165) is 10.5 Å². The summed E-state index contributed by atoms with van der Waals surface area (Å²) in [6.45, 7) is 0. The molecule has 1 amide bonds. The number of anilines is 1. The van der Waals surface area contributed by atoms with Gasteiger partial charge in [0.2, 0.25) is 0 Å². The van der Waals surface area contributed by atoms with Gasteiger partial charge >= 0.3 is 5.69 Å². The first kappa shape index (κ1) is 16.3. The number of methoxy groups -OCH3 is 1. The minimum atomic E-state index is -0.609. The number of hydrogen-bond donors (Lipinski definition) is 1. The maximum Gasteiger partial charge on any atom is 0.311 e. The zero-order valence-corrected chi connectivity index (χ0v) is 13.6. The molecule has 0 saturated carbocycles. The van der Waals surface area contributed by atoms with Crippen LogP contribution >= 0.6 is 27.5 Å². The van der Waals surface area contributed by atoms with Gasteiger partial charge in [-0.3, -0.25) is 14.9 Å². The van der Waals surface area contributed by atoms with E-state index in [1.54, 1.807) is 18.2 Å². The molecular weight excluding hydrogens is 376 g/mol. The van der Waals surface area contributed by atoms with Crippen LogP contribution in [0.4, 0.5) is 11.4 Å². The third kappa shape index (κ3) is 3.55. The molecule has 0 aromatic heterocycles. The molecule has 8 heteroatoms. The molecule has 22 heavy (non-hydrogen) atoms. The van der Waals surface area contributed by atoms with Crippen molar-refractivity contribution in [1.29, 1.82) is 0 Å². The van der Waals surface area contributed by atoms with E-state index >= 15 is 0 Å². The lowest BCUT2D eigenvalue weighted by Crippen LogP contribution is -2.12. The second kappa shape index (κ2) is 6.76. The summed E-state index contributed by atoms with van der Waals surface area (Å²) in [5.74, 6) is -0.418. The Morgan fingerprint density at radius 3 is 2.64 bits per heavy atom. The van der Waals surface area contributed by atoms with Crippen molar-refractivity contribution in [3.63, 3.8) is 0 Å². The molecular formula is C14H10BrClN2O4. The van der Waals surface area contributed by atoms with E-state index in [9.17, 15) is 14.9 Å². The molecule has 0 aliphatic heterocycles. The van der Waals surface area contributed by atoms with Crippen LogP contribution in [-0.4, -0.2) is 17.9 Å². The first-order valence-electron chi connectivity index (χ1n) is 6.01. The van der Waals surface area contributed by atoms with Gasteiger partial charge in [0.25, 0.3) is 5.91 Å². The SMILES string of the molecule is COc1ccc(C(=O)Nc2ccc(Br)cc2Cl)cc1[N+](=O)[O-]. The monoisotopic (exact) mass is 384 g/mol. The van der Waals surface area contributed by atoms with Crippen LogP contribution < -0.4 is 10.1 Å². The van der Waals surface area contributed by atoms with Gasteiger partial charge < -0.3 is 10.1 Å². The highest BCUT2D eigenvalue weighted by molar-refractivity contribution is 9.10. The standard InChI is InChI=1S/C14H10BrClN2O4/c1-22-13-5-2-8(6-12(13)18(20)21)14(19)17-11-4-3-9(15)7-10(11)16/h2-7H,1H3,(H,17,19). The van der Waals surface area contributed by atoms with Crippen LogP contribution in [0.3, 0.4) is 0 Å². The molecule has 0 spiro atoms. The molecule has 0 radical (unpaired) electrons. The molecule has 2 aromatic rings. The Balaban J connectivity index is 2.30. The second-order valence-corrected chi connectivity index (χ2v) is 5.54. The summed E-state index contributed by atoms with van der Waals surface area (Å²) in [5, 5.41) is 13.9. The Morgan fingerprint density at radius 2 is 2.05 bits per heavy atom. The highest BCUT2D eigenvalue weighted by atomic mass is 79.9. The van der Waals surface area contributed by atoms with Gasteiger partial charge in [0.15, 0.2) is 5.75 Å². The summed E-state index contributed by atoms with van der Waals surface area (Å²) in [7, 11) is 1.32. The number of rotatable bonds is 4. The zero-order chi connectivity index (χ0) is 16.3. The summed E-state index contributed by atoms with van der Waals surface area (Å²) in [4.78, 5) is 22.5. The fraction of sp³-hybridized carbons (Fsp3) is 0.0714. The minimum Gasteiger partial charge on any atom is -0.490 e. The number of nitro benzene ring substituents is 1. The summed E-state index contributed by atoms with van der Waals surface area (Å²) in [6.07, 6.45) is 0. The van der Waals surface area contributed by atoms with Crippen molar-refractivity contribution in [2.45, 2.75) is 0 Å². The van der Waals surface area contributed by atoms with E-state index in [-0.39, 0.29) is 17.0 Å². The van der Waals surface area contributed by atoms with Crippen LogP contribution in [0.5, 0.6) is 5.75 Å². The molecule has 2 aromatic carbocycles. The van der Waals surface area contributed by atoms with Crippen molar-refractivity contribution >= 4 is 44.8 Å². The zero-order valence-electron chi connectivity index (χ0n) is 11.3. The number of nitrogens with one attached hydrogen (secondary N) is 1. The quantitative estimate of drug-likeness (QED) is 0.629. The van der Waals surface area contributed by atoms with Crippen molar-refractivity contribution < 1.29 is 14.5 Å². The Kier molecular flexibility index (Phi) is 4.99. The van der Waals surface area contributed by atoms with Crippen LogP contribution in [0, 0.1) is 10.1 Å². The van der Waals surface area contributed by atoms with E-state index < -0.39 is 10.8 Å². The number of carbonyl (C=O) groups excluding carboxylic acids is 1. The Labute approximate surface area is 139 Å². The third-order valence-electron chi connectivity index (χ3n) is 2.82. The molecule has 6 nitrogen and oxygen atoms in total. The lowest BCUT2D eigenvalue weighted by molar-refractivity contribution is -0.385. The molecule has 0 bridgehead atoms. The number of nitro groups is 1. The van der Waals surface area contributed by atoms with Gasteiger partial charge in [-0.15, -0.1) is 0 Å². The van der Waals surface area contributed by atoms with Crippen molar-refractivity contribution in [3.05, 3.63) is 61.6 Å². The summed E-state index contributed by atoms with van der Waals surface area (Å²) in [5.41, 5.74) is 0.261. The Morgan fingerprint density at radius 1 is 1.32 bits per heavy atom. The molecule has 2 rings (SSSR count). The number of benzene rings is 2. The van der Waals surface area contributed by atoms with Crippen molar-refractivity contribution in [3.8, 4) is 5.75 Å². The topological polar surface area (TPSA) is 81.5 Å². The maximum absolute atomic E-state index is 12.2. The van der Waals surface area contributed by atoms with Gasteiger partial charge in [0.1, 0.15) is 0 Å². The summed E-state index contributed by atoms with van der Waals surface area (Å²) < 4.78 is 5.67. The highest BCUT2D eigenvalue weighted by Crippen LogP contribution is 2.29. The van der Waals surface area contributed by atoms with E-state index in [1.807, 2.05) is 0 Å². The van der Waals surface area contributed by atoms with Gasteiger partial charge in [-0.25, -0.2) is 0 Å². The number of amides is 1. The molecule has 1 N–H and O–H groups in total. The average molecular weight is 386 g/mol. The lowest BCUT2D eigenvalue weighted by atomic mass is 10.1. The normalized spacial score (nSPS) is 10.1. The maximum atomic E-state index is 12.2. The van der Waals surface area contributed by atoms with E-state index in [0.29, 0.717) is 10.7 Å². The molecule has 0 aliphatic rings. The average Bonchev–Trinajstić information content (AvgIpc) is 2.49. The van der Waals surface area contributed by atoms with E-state index in [4.69, 9.17) is 16.3 Å². The minimum absolute atomic E-state index is 0.0863. The van der Waals surface area contributed by atoms with E-state index in [2.05, 4.69) is 21.2 Å². The molecule has 0 atom stereocenters. The summed E-state index contributed by atoms with van der Waals surface area (Å²) >= 11 is 9.28. The Bertz CT molecular complexity index is 752. The third-order valence-corrected chi connectivity index (χ3v) is 3.62. The molecule has 0 saturated heterocycles. The van der Waals surface area contributed by atoms with Gasteiger partial charge in [0, 0.05) is 16.1 Å². The van der Waals surface area contributed by atoms with Gasteiger partial charge in [0.05, 0.1) is 22.7 Å². The molecule has 0 unspecified atom stereocenters. The Hall–Kier alpha value is -2.12. The van der Waals surface area contributed by atoms with Crippen molar-refractivity contribution in [2.75, 3.05) is 12.4 Å². The van der Waals surface area contributed by atoms with Crippen molar-refractivity contribution in [2.24, 2.45) is 0 Å². The number of hydrogen-bond acceptors (Lipinski definition) is 4. The largest absolute Gasteiger partial charge is 0.490 e. The number of ether oxygens (including phenoxy) is 1. The number of carbonyl (C=O) groups is 1. The second-order valence-electron chi connectivity index (χ2n) is 4.22.